The molecule has 0 aliphatic rings. The van der Waals surface area contributed by atoms with E-state index in [1.807, 2.05) is 18.2 Å². The molecule has 2 aromatic carbocycles. The molecule has 158 valence electrons. The average Bonchev–Trinajstić information content (AvgIpc) is 3.14. The lowest BCUT2D eigenvalue weighted by Crippen LogP contribution is -2.42. The summed E-state index contributed by atoms with van der Waals surface area (Å²) in [4.78, 5) is 24.6. The minimum atomic E-state index is -0.472. The van der Waals surface area contributed by atoms with Crippen molar-refractivity contribution >= 4 is 22.8 Å². The van der Waals surface area contributed by atoms with Crippen molar-refractivity contribution in [3.05, 3.63) is 53.7 Å². The van der Waals surface area contributed by atoms with E-state index in [9.17, 15) is 9.59 Å². The fourth-order valence-corrected chi connectivity index (χ4v) is 2.79. The largest absolute Gasteiger partial charge is 0.493 e. The van der Waals surface area contributed by atoms with Crippen LogP contribution in [0.2, 0.25) is 0 Å². The zero-order valence-corrected chi connectivity index (χ0v) is 17.2. The van der Waals surface area contributed by atoms with E-state index in [1.165, 1.54) is 7.11 Å². The molecule has 1 aromatic heterocycles. The third-order valence-corrected chi connectivity index (χ3v) is 4.47. The number of nitrogens with zero attached hydrogens (tertiary/aromatic N) is 1. The van der Waals surface area contributed by atoms with Gasteiger partial charge in [-0.1, -0.05) is 31.1 Å². The van der Waals surface area contributed by atoms with Crippen LogP contribution in [0.3, 0.4) is 0 Å². The number of nitrogens with one attached hydrogen (secondary N) is 2. The SMILES string of the molecule is COc1cc(C(=O)NNC(=O)Cc2noc3ccccc23)ccc1OCCC(C)C. The van der Waals surface area contributed by atoms with Crippen LogP contribution in [0.25, 0.3) is 11.0 Å². The number of ether oxygens (including phenoxy) is 2. The molecular formula is C22H25N3O5. The molecule has 2 N–H and O–H groups in total. The van der Waals surface area contributed by atoms with Crippen LogP contribution in [0, 0.1) is 5.92 Å². The third kappa shape index (κ3) is 5.28. The Morgan fingerprint density at radius 3 is 2.67 bits per heavy atom. The van der Waals surface area contributed by atoms with E-state index in [4.69, 9.17) is 14.0 Å². The van der Waals surface area contributed by atoms with Gasteiger partial charge in [0.05, 0.1) is 20.1 Å². The second kappa shape index (κ2) is 9.78. The average molecular weight is 411 g/mol. The van der Waals surface area contributed by atoms with Crippen LogP contribution in [0.5, 0.6) is 11.5 Å². The minimum absolute atomic E-state index is 0.0246. The van der Waals surface area contributed by atoms with Crippen molar-refractivity contribution in [2.45, 2.75) is 26.7 Å². The normalized spacial score (nSPS) is 10.8. The summed E-state index contributed by atoms with van der Waals surface area (Å²) < 4.78 is 16.2. The number of rotatable bonds is 8. The highest BCUT2D eigenvalue weighted by Crippen LogP contribution is 2.28. The van der Waals surface area contributed by atoms with E-state index in [1.54, 1.807) is 24.3 Å². The predicted molar refractivity (Wildman–Crippen MR) is 111 cm³/mol. The molecule has 0 saturated heterocycles. The number of amides is 2. The van der Waals surface area contributed by atoms with Gasteiger partial charge in [-0.2, -0.15) is 0 Å². The highest BCUT2D eigenvalue weighted by molar-refractivity contribution is 5.96. The van der Waals surface area contributed by atoms with Gasteiger partial charge in [0.25, 0.3) is 5.91 Å². The molecule has 0 unspecified atom stereocenters. The van der Waals surface area contributed by atoms with E-state index < -0.39 is 11.8 Å². The lowest BCUT2D eigenvalue weighted by Gasteiger charge is -2.13. The molecule has 0 saturated carbocycles. The number of hydrazine groups is 1. The lowest BCUT2D eigenvalue weighted by molar-refractivity contribution is -0.121. The minimum Gasteiger partial charge on any atom is -0.493 e. The van der Waals surface area contributed by atoms with Crippen molar-refractivity contribution in [2.24, 2.45) is 5.92 Å². The van der Waals surface area contributed by atoms with Crippen LogP contribution >= 0.6 is 0 Å². The molecule has 0 aliphatic carbocycles. The summed E-state index contributed by atoms with van der Waals surface area (Å²) in [5.41, 5.74) is 6.22. The Balaban J connectivity index is 1.56. The molecule has 0 atom stereocenters. The standard InChI is InChI=1S/C22H25N3O5/c1-14(2)10-11-29-19-9-8-15(12-20(19)28-3)22(27)24-23-21(26)13-17-16-6-4-5-7-18(16)30-25-17/h4-9,12,14H,10-11,13H2,1-3H3,(H,23,26)(H,24,27). The molecule has 3 rings (SSSR count). The molecule has 8 heteroatoms. The molecule has 0 bridgehead atoms. The maximum absolute atomic E-state index is 12.4. The van der Waals surface area contributed by atoms with E-state index in [2.05, 4.69) is 29.9 Å². The number of benzene rings is 2. The summed E-state index contributed by atoms with van der Waals surface area (Å²) in [6.07, 6.45) is 0.890. The van der Waals surface area contributed by atoms with Gasteiger partial charge >= 0.3 is 0 Å². The van der Waals surface area contributed by atoms with Crippen molar-refractivity contribution < 1.29 is 23.6 Å². The first-order valence-electron chi connectivity index (χ1n) is 9.71. The number of aromatic nitrogens is 1. The second-order valence-electron chi connectivity index (χ2n) is 7.20. The monoisotopic (exact) mass is 411 g/mol. The number of para-hydroxylation sites is 1. The van der Waals surface area contributed by atoms with Gasteiger partial charge < -0.3 is 14.0 Å². The molecule has 30 heavy (non-hydrogen) atoms. The first-order chi connectivity index (χ1) is 14.5. The van der Waals surface area contributed by atoms with Gasteiger partial charge in [0.15, 0.2) is 17.1 Å². The van der Waals surface area contributed by atoms with Crippen LogP contribution in [0.15, 0.2) is 47.0 Å². The number of carbonyl (C=O) groups is 2. The Kier molecular flexibility index (Phi) is 6.90. The van der Waals surface area contributed by atoms with Crippen LogP contribution < -0.4 is 20.3 Å². The van der Waals surface area contributed by atoms with E-state index in [0.29, 0.717) is 40.9 Å². The van der Waals surface area contributed by atoms with Crippen molar-refractivity contribution in [1.82, 2.24) is 16.0 Å². The van der Waals surface area contributed by atoms with Crippen LogP contribution in [-0.2, 0) is 11.2 Å². The van der Waals surface area contributed by atoms with Crippen molar-refractivity contribution in [2.75, 3.05) is 13.7 Å². The molecule has 8 nitrogen and oxygen atoms in total. The van der Waals surface area contributed by atoms with E-state index in [0.717, 1.165) is 11.8 Å². The zero-order chi connectivity index (χ0) is 21.5. The van der Waals surface area contributed by atoms with Gasteiger partial charge in [-0.05, 0) is 42.7 Å². The Hall–Kier alpha value is -3.55. The molecule has 1 heterocycles. The third-order valence-electron chi connectivity index (χ3n) is 4.47. The van der Waals surface area contributed by atoms with Gasteiger partial charge in [-0.15, -0.1) is 0 Å². The Morgan fingerprint density at radius 2 is 1.90 bits per heavy atom. The Labute approximate surface area is 174 Å². The van der Waals surface area contributed by atoms with Gasteiger partial charge in [0, 0.05) is 10.9 Å². The van der Waals surface area contributed by atoms with Gasteiger partial charge in [0.2, 0.25) is 5.91 Å². The molecule has 0 spiro atoms. The van der Waals surface area contributed by atoms with Crippen LogP contribution in [0.4, 0.5) is 0 Å². The summed E-state index contributed by atoms with van der Waals surface area (Å²) in [5, 5.41) is 4.67. The molecular weight excluding hydrogens is 386 g/mol. The molecule has 0 fully saturated rings. The second-order valence-corrected chi connectivity index (χ2v) is 7.20. The number of hydrogen-bond acceptors (Lipinski definition) is 6. The summed E-state index contributed by atoms with van der Waals surface area (Å²) >= 11 is 0. The number of fused-ring (bicyclic) bond motifs is 1. The number of methoxy groups -OCH3 is 1. The topological polar surface area (TPSA) is 103 Å². The van der Waals surface area contributed by atoms with Crippen LogP contribution in [0.1, 0.15) is 36.3 Å². The Bertz CT molecular complexity index is 1030. The smallest absolute Gasteiger partial charge is 0.269 e. The number of hydrogen-bond donors (Lipinski definition) is 2. The summed E-state index contributed by atoms with van der Waals surface area (Å²) in [6, 6.07) is 12.1. The first kappa shape index (κ1) is 21.2. The number of carbonyl (C=O) groups excluding carboxylic acids is 2. The molecule has 2 amide bonds. The highest BCUT2D eigenvalue weighted by atomic mass is 16.5. The molecule has 0 radical (unpaired) electrons. The molecule has 3 aromatic rings. The van der Waals surface area contributed by atoms with E-state index >= 15 is 0 Å². The van der Waals surface area contributed by atoms with Gasteiger partial charge in [0.1, 0.15) is 5.69 Å². The molecule has 0 aliphatic heterocycles. The highest BCUT2D eigenvalue weighted by Gasteiger charge is 2.15. The summed E-state index contributed by atoms with van der Waals surface area (Å²) in [5.74, 6) is 0.659. The fourth-order valence-electron chi connectivity index (χ4n) is 2.79. The maximum atomic E-state index is 12.4. The van der Waals surface area contributed by atoms with Crippen molar-refractivity contribution in [3.63, 3.8) is 0 Å². The predicted octanol–water partition coefficient (Wildman–Crippen LogP) is 3.27. The lowest BCUT2D eigenvalue weighted by atomic mass is 10.1. The van der Waals surface area contributed by atoms with E-state index in [-0.39, 0.29) is 6.42 Å². The van der Waals surface area contributed by atoms with Gasteiger partial charge in [-0.3, -0.25) is 20.4 Å². The maximum Gasteiger partial charge on any atom is 0.269 e. The zero-order valence-electron chi connectivity index (χ0n) is 17.2. The van der Waals surface area contributed by atoms with Crippen molar-refractivity contribution in [1.29, 1.82) is 0 Å². The fraction of sp³-hybridized carbons (Fsp3) is 0.318. The quantitative estimate of drug-likeness (QED) is 0.552. The first-order valence-corrected chi connectivity index (χ1v) is 9.71. The van der Waals surface area contributed by atoms with Crippen LogP contribution in [-0.4, -0.2) is 30.7 Å². The van der Waals surface area contributed by atoms with Crippen molar-refractivity contribution in [3.8, 4) is 11.5 Å². The van der Waals surface area contributed by atoms with Gasteiger partial charge in [-0.25, -0.2) is 0 Å². The summed E-state index contributed by atoms with van der Waals surface area (Å²) in [6.45, 7) is 4.80. The Morgan fingerprint density at radius 1 is 1.10 bits per heavy atom. The summed E-state index contributed by atoms with van der Waals surface area (Å²) in [7, 11) is 1.51.